The fourth-order valence-corrected chi connectivity index (χ4v) is 3.66. The number of rotatable bonds is 3. The van der Waals surface area contributed by atoms with Gasteiger partial charge in [0.2, 0.25) is 11.8 Å². The SMILES string of the molecule is Cc1cccc(N2CC(C(=O)N3CCC[C@@H]3C(=O)O)CC2=O)c1C. The molecule has 128 valence electrons. The highest BCUT2D eigenvalue weighted by molar-refractivity contribution is 6.01. The second-order valence-electron chi connectivity index (χ2n) is 6.65. The van der Waals surface area contributed by atoms with E-state index in [1.807, 2.05) is 32.0 Å². The Kier molecular flexibility index (Phi) is 4.30. The molecule has 2 heterocycles. The van der Waals surface area contributed by atoms with Gasteiger partial charge in [-0.3, -0.25) is 9.59 Å². The number of nitrogens with zero attached hydrogens (tertiary/aromatic N) is 2. The molecule has 2 atom stereocenters. The van der Waals surface area contributed by atoms with Crippen LogP contribution in [0, 0.1) is 19.8 Å². The maximum Gasteiger partial charge on any atom is 0.326 e. The summed E-state index contributed by atoms with van der Waals surface area (Å²) >= 11 is 0. The van der Waals surface area contributed by atoms with Crippen LogP contribution in [0.15, 0.2) is 18.2 Å². The fourth-order valence-electron chi connectivity index (χ4n) is 3.66. The van der Waals surface area contributed by atoms with Crippen LogP contribution in [0.4, 0.5) is 5.69 Å². The summed E-state index contributed by atoms with van der Waals surface area (Å²) in [5.74, 6) is -1.71. The fraction of sp³-hybridized carbons (Fsp3) is 0.500. The van der Waals surface area contributed by atoms with Crippen LogP contribution in [0.1, 0.15) is 30.4 Å². The number of carbonyl (C=O) groups excluding carboxylic acids is 2. The van der Waals surface area contributed by atoms with Gasteiger partial charge in [0.15, 0.2) is 0 Å². The van der Waals surface area contributed by atoms with Gasteiger partial charge in [0, 0.05) is 25.2 Å². The molecule has 0 spiro atoms. The van der Waals surface area contributed by atoms with Crippen molar-refractivity contribution in [3.63, 3.8) is 0 Å². The molecule has 24 heavy (non-hydrogen) atoms. The topological polar surface area (TPSA) is 77.9 Å². The zero-order valence-electron chi connectivity index (χ0n) is 14.0. The Bertz CT molecular complexity index is 700. The average Bonchev–Trinajstić information content (AvgIpc) is 3.16. The number of amides is 2. The van der Waals surface area contributed by atoms with Crippen molar-refractivity contribution in [1.29, 1.82) is 0 Å². The van der Waals surface area contributed by atoms with Crippen LogP contribution in [0.3, 0.4) is 0 Å². The molecule has 2 aliphatic rings. The summed E-state index contributed by atoms with van der Waals surface area (Å²) in [5, 5.41) is 9.25. The number of carbonyl (C=O) groups is 3. The highest BCUT2D eigenvalue weighted by Gasteiger charge is 2.42. The maximum atomic E-state index is 12.7. The molecular weight excluding hydrogens is 308 g/mol. The summed E-state index contributed by atoms with van der Waals surface area (Å²) in [5.41, 5.74) is 2.97. The number of aliphatic carboxylic acids is 1. The van der Waals surface area contributed by atoms with Gasteiger partial charge in [0.25, 0.3) is 0 Å². The minimum Gasteiger partial charge on any atom is -0.480 e. The molecule has 6 nitrogen and oxygen atoms in total. The quantitative estimate of drug-likeness (QED) is 0.915. The first-order valence-corrected chi connectivity index (χ1v) is 8.30. The molecule has 2 saturated heterocycles. The summed E-state index contributed by atoms with van der Waals surface area (Å²) < 4.78 is 0. The van der Waals surface area contributed by atoms with E-state index >= 15 is 0 Å². The van der Waals surface area contributed by atoms with E-state index in [9.17, 15) is 19.5 Å². The van der Waals surface area contributed by atoms with E-state index in [2.05, 4.69) is 0 Å². The van der Waals surface area contributed by atoms with E-state index in [0.29, 0.717) is 25.9 Å². The lowest BCUT2D eigenvalue weighted by Crippen LogP contribution is -2.44. The second-order valence-corrected chi connectivity index (χ2v) is 6.65. The second kappa shape index (κ2) is 6.26. The number of benzene rings is 1. The van der Waals surface area contributed by atoms with Gasteiger partial charge in [-0.2, -0.15) is 0 Å². The number of hydrogen-bond donors (Lipinski definition) is 1. The van der Waals surface area contributed by atoms with E-state index in [0.717, 1.165) is 16.8 Å². The average molecular weight is 330 g/mol. The minimum atomic E-state index is -0.962. The van der Waals surface area contributed by atoms with Crippen molar-refractivity contribution in [2.75, 3.05) is 18.0 Å². The van der Waals surface area contributed by atoms with Crippen LogP contribution >= 0.6 is 0 Å². The lowest BCUT2D eigenvalue weighted by molar-refractivity contribution is -0.149. The molecule has 3 rings (SSSR count). The van der Waals surface area contributed by atoms with E-state index in [4.69, 9.17) is 0 Å². The predicted octanol–water partition coefficient (Wildman–Crippen LogP) is 1.73. The van der Waals surface area contributed by atoms with E-state index in [-0.39, 0.29) is 18.2 Å². The first kappa shape index (κ1) is 16.5. The Morgan fingerprint density at radius 1 is 1.25 bits per heavy atom. The van der Waals surface area contributed by atoms with E-state index in [1.165, 1.54) is 4.90 Å². The third kappa shape index (κ3) is 2.77. The molecule has 1 aromatic carbocycles. The Hall–Kier alpha value is -2.37. The van der Waals surface area contributed by atoms with Crippen LogP contribution < -0.4 is 4.90 Å². The largest absolute Gasteiger partial charge is 0.480 e. The standard InChI is InChI=1S/C18H22N2O4/c1-11-5-3-6-14(12(11)2)20-10-13(9-16(20)21)17(22)19-8-4-7-15(19)18(23)24/h3,5-6,13,15H,4,7-10H2,1-2H3,(H,23,24)/t13?,15-/m1/s1. The lowest BCUT2D eigenvalue weighted by atomic mass is 10.1. The molecule has 6 heteroatoms. The molecule has 0 saturated carbocycles. The van der Waals surface area contributed by atoms with Crippen LogP contribution in [0.5, 0.6) is 0 Å². The van der Waals surface area contributed by atoms with Gasteiger partial charge >= 0.3 is 5.97 Å². The molecule has 2 fully saturated rings. The van der Waals surface area contributed by atoms with Crippen molar-refractivity contribution in [3.8, 4) is 0 Å². The van der Waals surface area contributed by atoms with Crippen molar-refractivity contribution < 1.29 is 19.5 Å². The predicted molar refractivity (Wildman–Crippen MR) is 88.7 cm³/mol. The zero-order valence-corrected chi connectivity index (χ0v) is 14.0. The van der Waals surface area contributed by atoms with Gasteiger partial charge in [-0.15, -0.1) is 0 Å². The van der Waals surface area contributed by atoms with E-state index < -0.39 is 17.9 Å². The number of likely N-dealkylation sites (tertiary alicyclic amines) is 1. The Balaban J connectivity index is 1.78. The van der Waals surface area contributed by atoms with Gasteiger partial charge in [-0.05, 0) is 43.9 Å². The van der Waals surface area contributed by atoms with E-state index in [1.54, 1.807) is 4.90 Å². The molecule has 1 N–H and O–H groups in total. The first-order chi connectivity index (χ1) is 11.4. The third-order valence-electron chi connectivity index (χ3n) is 5.16. The van der Waals surface area contributed by atoms with Gasteiger partial charge in [-0.25, -0.2) is 4.79 Å². The monoisotopic (exact) mass is 330 g/mol. The molecule has 1 aromatic rings. The highest BCUT2D eigenvalue weighted by atomic mass is 16.4. The van der Waals surface area contributed by atoms with Gasteiger partial charge in [-0.1, -0.05) is 12.1 Å². The van der Waals surface area contributed by atoms with Gasteiger partial charge in [0.05, 0.1) is 5.92 Å². The zero-order chi connectivity index (χ0) is 17.4. The lowest BCUT2D eigenvalue weighted by Gasteiger charge is -2.25. The van der Waals surface area contributed by atoms with Crippen molar-refractivity contribution in [3.05, 3.63) is 29.3 Å². The van der Waals surface area contributed by atoms with Crippen molar-refractivity contribution in [2.45, 2.75) is 39.2 Å². The summed E-state index contributed by atoms with van der Waals surface area (Å²) in [4.78, 5) is 39.5. The first-order valence-electron chi connectivity index (χ1n) is 8.30. The van der Waals surface area contributed by atoms with Gasteiger partial charge < -0.3 is 14.9 Å². The molecule has 0 aromatic heterocycles. The highest BCUT2D eigenvalue weighted by Crippen LogP contribution is 2.31. The molecule has 2 aliphatic heterocycles. The Morgan fingerprint density at radius 3 is 2.71 bits per heavy atom. The normalized spacial score (nSPS) is 23.8. The summed E-state index contributed by atoms with van der Waals surface area (Å²) in [6.45, 7) is 4.74. The number of carboxylic acid groups (broad SMARTS) is 1. The number of carboxylic acids is 1. The minimum absolute atomic E-state index is 0.0758. The smallest absolute Gasteiger partial charge is 0.326 e. The Morgan fingerprint density at radius 2 is 2.00 bits per heavy atom. The molecule has 1 unspecified atom stereocenters. The summed E-state index contributed by atoms with van der Waals surface area (Å²) in [6, 6.07) is 5.04. The van der Waals surface area contributed by atoms with Crippen LogP contribution in [0.2, 0.25) is 0 Å². The number of hydrogen-bond acceptors (Lipinski definition) is 3. The molecular formula is C18H22N2O4. The van der Waals surface area contributed by atoms with Crippen LogP contribution in [0.25, 0.3) is 0 Å². The Labute approximate surface area is 141 Å². The third-order valence-corrected chi connectivity index (χ3v) is 5.16. The van der Waals surface area contributed by atoms with Crippen molar-refractivity contribution in [1.82, 2.24) is 4.90 Å². The maximum absolute atomic E-state index is 12.7. The molecule has 0 radical (unpaired) electrons. The van der Waals surface area contributed by atoms with Crippen molar-refractivity contribution >= 4 is 23.5 Å². The number of anilines is 1. The van der Waals surface area contributed by atoms with Crippen LogP contribution in [-0.4, -0.2) is 46.9 Å². The number of aryl methyl sites for hydroxylation is 1. The molecule has 0 bridgehead atoms. The van der Waals surface area contributed by atoms with Crippen molar-refractivity contribution in [2.24, 2.45) is 5.92 Å². The summed E-state index contributed by atoms with van der Waals surface area (Å²) in [7, 11) is 0. The molecule has 2 amide bonds. The molecule has 0 aliphatic carbocycles. The summed E-state index contributed by atoms with van der Waals surface area (Å²) in [6.07, 6.45) is 1.33. The van der Waals surface area contributed by atoms with Gasteiger partial charge in [0.1, 0.15) is 6.04 Å². The van der Waals surface area contributed by atoms with Crippen LogP contribution in [-0.2, 0) is 14.4 Å².